The van der Waals surface area contributed by atoms with Crippen molar-refractivity contribution in [2.24, 2.45) is 5.92 Å². The van der Waals surface area contributed by atoms with Crippen molar-refractivity contribution in [3.8, 4) is 22.9 Å². The van der Waals surface area contributed by atoms with Crippen LogP contribution < -0.4 is 14.4 Å². The Morgan fingerprint density at radius 2 is 1.91 bits per heavy atom. The van der Waals surface area contributed by atoms with E-state index in [9.17, 15) is 4.79 Å². The highest BCUT2D eigenvalue weighted by Gasteiger charge is 2.35. The second-order valence-electron chi connectivity index (χ2n) is 7.83. The van der Waals surface area contributed by atoms with Gasteiger partial charge in [0, 0.05) is 23.3 Å². The van der Waals surface area contributed by atoms with Gasteiger partial charge in [-0.2, -0.15) is 4.98 Å². The van der Waals surface area contributed by atoms with Crippen molar-refractivity contribution in [1.29, 1.82) is 0 Å². The predicted octanol–water partition coefficient (Wildman–Crippen LogP) is 5.13. The maximum Gasteiger partial charge on any atom is 0.247 e. The maximum atomic E-state index is 13.1. The third-order valence-corrected chi connectivity index (χ3v) is 6.29. The number of hydrogen-bond acceptors (Lipinski definition) is 7. The van der Waals surface area contributed by atoms with Crippen LogP contribution in [0, 0.1) is 5.92 Å². The third kappa shape index (κ3) is 4.41. The van der Waals surface area contributed by atoms with Gasteiger partial charge in [-0.3, -0.25) is 9.69 Å². The number of carbonyl (C=O) groups is 1. The number of ether oxygens (including phenoxy) is 2. The summed E-state index contributed by atoms with van der Waals surface area (Å²) in [6.45, 7) is 6.13. The van der Waals surface area contributed by atoms with Crippen LogP contribution >= 0.6 is 11.8 Å². The van der Waals surface area contributed by atoms with E-state index in [1.165, 1.54) is 0 Å². The molecular formula is C24H26N4O3S. The van der Waals surface area contributed by atoms with Crippen LogP contribution in [0.1, 0.15) is 39.0 Å². The van der Waals surface area contributed by atoms with E-state index in [-0.39, 0.29) is 5.91 Å². The molecule has 1 aliphatic rings. The molecule has 1 aliphatic heterocycles. The van der Waals surface area contributed by atoms with E-state index in [0.29, 0.717) is 29.1 Å². The summed E-state index contributed by atoms with van der Waals surface area (Å²) in [6, 6.07) is 15.1. The molecule has 0 aliphatic carbocycles. The summed E-state index contributed by atoms with van der Waals surface area (Å²) < 4.78 is 11.7. The molecule has 166 valence electrons. The molecule has 0 saturated carbocycles. The molecule has 2 heterocycles. The molecule has 1 aromatic heterocycles. The standard InChI is InChI=1S/C24H26N4O3S/c1-5-20(29)28-19-9-7-6-8-18(19)21-22(25-24(27-26-21)32-14-15(2)3)31-23(28)16-10-12-17(30-4)13-11-16/h6-13,15,23H,5,14H2,1-4H3/t23-/m0/s1. The highest BCUT2D eigenvalue weighted by molar-refractivity contribution is 7.99. The summed E-state index contributed by atoms with van der Waals surface area (Å²) in [4.78, 5) is 19.5. The first-order valence-electron chi connectivity index (χ1n) is 10.6. The number of rotatable bonds is 6. The minimum atomic E-state index is -0.699. The Bertz CT molecular complexity index is 1100. The Hall–Kier alpha value is -3.13. The maximum absolute atomic E-state index is 13.1. The largest absolute Gasteiger partial charge is 0.497 e. The van der Waals surface area contributed by atoms with Crippen molar-refractivity contribution in [2.45, 2.75) is 38.6 Å². The van der Waals surface area contributed by atoms with Crippen LogP contribution in [0.3, 0.4) is 0 Å². The lowest BCUT2D eigenvalue weighted by molar-refractivity contribution is -0.120. The van der Waals surface area contributed by atoms with Gasteiger partial charge in [-0.1, -0.05) is 50.7 Å². The zero-order valence-electron chi connectivity index (χ0n) is 18.6. The average molecular weight is 451 g/mol. The van der Waals surface area contributed by atoms with Gasteiger partial charge in [0.15, 0.2) is 5.69 Å². The molecule has 3 aromatic rings. The molecule has 0 N–H and O–H groups in total. The van der Waals surface area contributed by atoms with Gasteiger partial charge in [0.05, 0.1) is 12.8 Å². The summed E-state index contributed by atoms with van der Waals surface area (Å²) in [6.07, 6.45) is -0.370. The number of anilines is 1. The lowest BCUT2D eigenvalue weighted by Gasteiger charge is -2.30. The van der Waals surface area contributed by atoms with E-state index in [4.69, 9.17) is 9.47 Å². The number of aromatic nitrogens is 3. The van der Waals surface area contributed by atoms with Crippen molar-refractivity contribution in [3.05, 3.63) is 54.1 Å². The number of amides is 1. The first-order chi connectivity index (χ1) is 15.5. The number of nitrogens with zero attached hydrogens (tertiary/aromatic N) is 4. The molecule has 0 spiro atoms. The zero-order valence-corrected chi connectivity index (χ0v) is 19.4. The fourth-order valence-corrected chi connectivity index (χ4v) is 4.17. The lowest BCUT2D eigenvalue weighted by Crippen LogP contribution is -2.37. The highest BCUT2D eigenvalue weighted by Crippen LogP contribution is 2.43. The van der Waals surface area contributed by atoms with Gasteiger partial charge in [-0.25, -0.2) is 0 Å². The summed E-state index contributed by atoms with van der Waals surface area (Å²) in [5, 5.41) is 9.33. The number of methoxy groups -OCH3 is 1. The van der Waals surface area contributed by atoms with E-state index in [1.807, 2.05) is 55.5 Å². The van der Waals surface area contributed by atoms with E-state index < -0.39 is 6.23 Å². The Morgan fingerprint density at radius 1 is 1.16 bits per heavy atom. The Balaban J connectivity index is 1.86. The van der Waals surface area contributed by atoms with Crippen LogP contribution in [-0.2, 0) is 4.79 Å². The molecule has 1 atom stereocenters. The molecule has 8 heteroatoms. The summed E-state index contributed by atoms with van der Waals surface area (Å²) in [5.41, 5.74) is 2.82. The van der Waals surface area contributed by atoms with E-state index >= 15 is 0 Å². The Kier molecular flexibility index (Phi) is 6.60. The summed E-state index contributed by atoms with van der Waals surface area (Å²) >= 11 is 1.54. The third-order valence-electron chi connectivity index (χ3n) is 5.03. The number of benzene rings is 2. The molecule has 1 amide bonds. The van der Waals surface area contributed by atoms with Crippen molar-refractivity contribution in [1.82, 2.24) is 15.2 Å². The second-order valence-corrected chi connectivity index (χ2v) is 8.82. The van der Waals surface area contributed by atoms with Gasteiger partial charge < -0.3 is 9.47 Å². The van der Waals surface area contributed by atoms with Crippen LogP contribution in [0.5, 0.6) is 11.6 Å². The zero-order chi connectivity index (χ0) is 22.7. The number of hydrogen-bond donors (Lipinski definition) is 0. The minimum absolute atomic E-state index is 0.0616. The molecule has 0 saturated heterocycles. The average Bonchev–Trinajstić information content (AvgIpc) is 2.96. The van der Waals surface area contributed by atoms with Gasteiger partial charge >= 0.3 is 0 Å². The van der Waals surface area contributed by atoms with Crippen molar-refractivity contribution < 1.29 is 14.3 Å². The van der Waals surface area contributed by atoms with Crippen molar-refractivity contribution in [3.63, 3.8) is 0 Å². The van der Waals surface area contributed by atoms with Gasteiger partial charge in [0.2, 0.25) is 23.2 Å². The van der Waals surface area contributed by atoms with Crippen molar-refractivity contribution in [2.75, 3.05) is 17.8 Å². The molecule has 0 fully saturated rings. The van der Waals surface area contributed by atoms with Crippen LogP contribution in [0.25, 0.3) is 11.3 Å². The monoisotopic (exact) mass is 450 g/mol. The van der Waals surface area contributed by atoms with Gasteiger partial charge in [0.1, 0.15) is 5.75 Å². The number of carbonyl (C=O) groups excluding carboxylic acids is 1. The van der Waals surface area contributed by atoms with Crippen LogP contribution in [-0.4, -0.2) is 34.0 Å². The first kappa shape index (κ1) is 22.1. The molecular weight excluding hydrogens is 424 g/mol. The fraction of sp³-hybridized carbons (Fsp3) is 0.333. The topological polar surface area (TPSA) is 77.4 Å². The Morgan fingerprint density at radius 3 is 2.59 bits per heavy atom. The fourth-order valence-electron chi connectivity index (χ4n) is 3.44. The quantitative estimate of drug-likeness (QED) is 0.482. The summed E-state index contributed by atoms with van der Waals surface area (Å²) in [7, 11) is 1.62. The number of thioether (sulfide) groups is 1. The molecule has 0 bridgehead atoms. The second kappa shape index (κ2) is 9.56. The summed E-state index contributed by atoms with van der Waals surface area (Å²) in [5.74, 6) is 2.40. The smallest absolute Gasteiger partial charge is 0.247 e. The number of para-hydroxylation sites is 1. The highest BCUT2D eigenvalue weighted by atomic mass is 32.2. The van der Waals surface area contributed by atoms with Gasteiger partial charge in [0.25, 0.3) is 0 Å². The van der Waals surface area contributed by atoms with Gasteiger partial charge in [-0.05, 0) is 36.2 Å². The van der Waals surface area contributed by atoms with E-state index in [0.717, 1.165) is 28.3 Å². The normalized spacial score (nSPS) is 14.9. The van der Waals surface area contributed by atoms with E-state index in [1.54, 1.807) is 23.8 Å². The van der Waals surface area contributed by atoms with Gasteiger partial charge in [-0.15, -0.1) is 10.2 Å². The van der Waals surface area contributed by atoms with Crippen molar-refractivity contribution >= 4 is 23.4 Å². The minimum Gasteiger partial charge on any atom is -0.497 e. The van der Waals surface area contributed by atoms with Crippen LogP contribution in [0.4, 0.5) is 5.69 Å². The molecule has 32 heavy (non-hydrogen) atoms. The lowest BCUT2D eigenvalue weighted by atomic mass is 10.1. The Labute approximate surface area is 192 Å². The first-order valence-corrected chi connectivity index (χ1v) is 11.6. The molecule has 7 nitrogen and oxygen atoms in total. The molecule has 0 unspecified atom stereocenters. The van der Waals surface area contributed by atoms with E-state index in [2.05, 4.69) is 29.0 Å². The van der Waals surface area contributed by atoms with Crippen LogP contribution in [0.15, 0.2) is 53.7 Å². The molecule has 2 aromatic carbocycles. The van der Waals surface area contributed by atoms with Crippen LogP contribution in [0.2, 0.25) is 0 Å². The molecule has 0 radical (unpaired) electrons. The number of fused-ring (bicyclic) bond motifs is 3. The SMILES string of the molecule is CCC(=O)N1c2ccccc2-c2nnc(SCC(C)C)nc2O[C@H]1c1ccc(OC)cc1. The predicted molar refractivity (Wildman–Crippen MR) is 125 cm³/mol. The molecule has 4 rings (SSSR count).